The van der Waals surface area contributed by atoms with Crippen LogP contribution in [0.3, 0.4) is 0 Å². The summed E-state index contributed by atoms with van der Waals surface area (Å²) in [5.74, 6) is 1.05. The highest BCUT2D eigenvalue weighted by molar-refractivity contribution is 5.79. The first-order valence-electron chi connectivity index (χ1n) is 9.30. The quantitative estimate of drug-likeness (QED) is 0.311. The van der Waals surface area contributed by atoms with E-state index >= 15 is 0 Å². The molecule has 0 bridgehead atoms. The van der Waals surface area contributed by atoms with Gasteiger partial charge in [-0.1, -0.05) is 0 Å². The summed E-state index contributed by atoms with van der Waals surface area (Å²) in [5.41, 5.74) is 4.31. The number of nitro benzene ring substituents is 1. The summed E-state index contributed by atoms with van der Waals surface area (Å²) in [4.78, 5) is 29.5. The van der Waals surface area contributed by atoms with Gasteiger partial charge in [0, 0.05) is 43.3 Å². The number of aromatic nitrogens is 4. The van der Waals surface area contributed by atoms with Gasteiger partial charge in [0.1, 0.15) is 0 Å². The standard InChI is InChI=1S/C19H21N9O2/c1-3-27(4-2)19-24-17(22-15-5-7-16(8-6-15)28(29)30)23-18(25-19)26-21-13-14-9-11-20-12-10-14/h5-13H,3-4H2,1-2H3,(H2,22,23,24,25,26). The molecule has 0 aliphatic heterocycles. The monoisotopic (exact) mass is 407 g/mol. The summed E-state index contributed by atoms with van der Waals surface area (Å²) >= 11 is 0. The molecule has 2 heterocycles. The van der Waals surface area contributed by atoms with Gasteiger partial charge in [-0.3, -0.25) is 15.1 Å². The lowest BCUT2D eigenvalue weighted by Crippen LogP contribution is -2.25. The maximum absolute atomic E-state index is 10.8. The van der Waals surface area contributed by atoms with Crippen LogP contribution in [-0.4, -0.2) is 44.2 Å². The summed E-state index contributed by atoms with van der Waals surface area (Å²) < 4.78 is 0. The fourth-order valence-electron chi connectivity index (χ4n) is 2.53. The van der Waals surface area contributed by atoms with Crippen molar-refractivity contribution in [3.05, 3.63) is 64.5 Å². The Hall–Kier alpha value is -4.15. The molecule has 3 rings (SSSR count). The molecular weight excluding hydrogens is 386 g/mol. The zero-order valence-electron chi connectivity index (χ0n) is 16.6. The molecule has 0 radical (unpaired) electrons. The lowest BCUT2D eigenvalue weighted by molar-refractivity contribution is -0.384. The van der Waals surface area contributed by atoms with Crippen molar-refractivity contribution in [1.29, 1.82) is 0 Å². The third kappa shape index (κ3) is 5.44. The highest BCUT2D eigenvalue weighted by Gasteiger charge is 2.12. The van der Waals surface area contributed by atoms with Gasteiger partial charge in [-0.2, -0.15) is 20.1 Å². The lowest BCUT2D eigenvalue weighted by atomic mass is 10.3. The Morgan fingerprint density at radius 3 is 2.33 bits per heavy atom. The molecule has 11 heteroatoms. The van der Waals surface area contributed by atoms with Gasteiger partial charge in [0.2, 0.25) is 17.8 Å². The molecule has 1 aromatic carbocycles. The zero-order chi connectivity index (χ0) is 21.3. The van der Waals surface area contributed by atoms with Crippen LogP contribution in [0.15, 0.2) is 53.9 Å². The predicted molar refractivity (Wildman–Crippen MR) is 115 cm³/mol. The van der Waals surface area contributed by atoms with Crippen molar-refractivity contribution >= 4 is 35.4 Å². The van der Waals surface area contributed by atoms with Crippen molar-refractivity contribution in [3.8, 4) is 0 Å². The molecule has 0 unspecified atom stereocenters. The third-order valence-corrected chi connectivity index (χ3v) is 4.09. The minimum atomic E-state index is -0.450. The maximum atomic E-state index is 10.8. The van der Waals surface area contributed by atoms with Crippen molar-refractivity contribution < 1.29 is 4.92 Å². The van der Waals surface area contributed by atoms with E-state index in [9.17, 15) is 10.1 Å². The zero-order valence-corrected chi connectivity index (χ0v) is 16.6. The number of pyridine rings is 1. The number of nitrogens with one attached hydrogen (secondary N) is 2. The fraction of sp³-hybridized carbons (Fsp3) is 0.211. The molecule has 0 aliphatic rings. The highest BCUT2D eigenvalue weighted by atomic mass is 16.6. The molecule has 0 amide bonds. The van der Waals surface area contributed by atoms with Crippen molar-refractivity contribution in [1.82, 2.24) is 19.9 Å². The smallest absolute Gasteiger partial charge is 0.269 e. The average molecular weight is 407 g/mol. The van der Waals surface area contributed by atoms with E-state index in [2.05, 4.69) is 35.8 Å². The largest absolute Gasteiger partial charge is 0.341 e. The number of hydrogen-bond donors (Lipinski definition) is 2. The molecule has 0 atom stereocenters. The second kappa shape index (κ2) is 9.87. The summed E-state index contributed by atoms with van der Waals surface area (Å²) in [6, 6.07) is 9.64. The number of nitro groups is 1. The van der Waals surface area contributed by atoms with Gasteiger partial charge in [0.25, 0.3) is 5.69 Å². The molecule has 30 heavy (non-hydrogen) atoms. The van der Waals surface area contributed by atoms with Crippen LogP contribution in [0.2, 0.25) is 0 Å². The molecule has 2 aromatic heterocycles. The third-order valence-electron chi connectivity index (χ3n) is 4.09. The van der Waals surface area contributed by atoms with Gasteiger partial charge in [0.15, 0.2) is 0 Å². The Balaban J connectivity index is 1.84. The van der Waals surface area contributed by atoms with Crippen molar-refractivity contribution in [3.63, 3.8) is 0 Å². The predicted octanol–water partition coefficient (Wildman–Crippen LogP) is 3.21. The molecule has 0 spiro atoms. The second-order valence-electron chi connectivity index (χ2n) is 6.03. The first-order valence-corrected chi connectivity index (χ1v) is 9.30. The Kier molecular flexibility index (Phi) is 6.77. The highest BCUT2D eigenvalue weighted by Crippen LogP contribution is 2.20. The van der Waals surface area contributed by atoms with Crippen LogP contribution in [0.4, 0.5) is 29.2 Å². The average Bonchev–Trinajstić information content (AvgIpc) is 2.76. The molecule has 11 nitrogen and oxygen atoms in total. The second-order valence-corrected chi connectivity index (χ2v) is 6.03. The Bertz CT molecular complexity index is 1010. The van der Waals surface area contributed by atoms with Gasteiger partial charge < -0.3 is 10.2 Å². The van der Waals surface area contributed by atoms with Gasteiger partial charge in [-0.25, -0.2) is 5.43 Å². The first-order chi connectivity index (χ1) is 14.6. The number of non-ortho nitro benzene ring substituents is 1. The lowest BCUT2D eigenvalue weighted by Gasteiger charge is -2.19. The van der Waals surface area contributed by atoms with E-state index in [4.69, 9.17) is 0 Å². The van der Waals surface area contributed by atoms with E-state index in [0.717, 1.165) is 18.7 Å². The van der Waals surface area contributed by atoms with Crippen LogP contribution in [-0.2, 0) is 0 Å². The molecular formula is C19H21N9O2. The number of hydrazone groups is 1. The van der Waals surface area contributed by atoms with E-state index in [0.29, 0.717) is 17.6 Å². The number of hydrogen-bond acceptors (Lipinski definition) is 10. The summed E-state index contributed by atoms with van der Waals surface area (Å²) in [6.45, 7) is 5.45. The van der Waals surface area contributed by atoms with Gasteiger partial charge in [-0.05, 0) is 43.7 Å². The van der Waals surface area contributed by atoms with Crippen molar-refractivity contribution in [2.45, 2.75) is 13.8 Å². The molecule has 154 valence electrons. The van der Waals surface area contributed by atoms with Crippen molar-refractivity contribution in [2.75, 3.05) is 28.7 Å². The number of anilines is 4. The minimum Gasteiger partial charge on any atom is -0.341 e. The molecule has 0 saturated carbocycles. The normalized spacial score (nSPS) is 10.7. The number of benzene rings is 1. The van der Waals surface area contributed by atoms with Crippen molar-refractivity contribution in [2.24, 2.45) is 5.10 Å². The number of rotatable bonds is 9. The summed E-state index contributed by atoms with van der Waals surface area (Å²) in [5, 5.41) is 18.0. The molecule has 2 N–H and O–H groups in total. The topological polar surface area (TPSA) is 134 Å². The number of nitrogens with zero attached hydrogens (tertiary/aromatic N) is 7. The van der Waals surface area contributed by atoms with Crippen LogP contribution in [0.25, 0.3) is 0 Å². The van der Waals surface area contributed by atoms with E-state index in [-0.39, 0.29) is 11.6 Å². The fourth-order valence-corrected chi connectivity index (χ4v) is 2.53. The molecule has 0 fully saturated rings. The van der Waals surface area contributed by atoms with E-state index in [1.165, 1.54) is 12.1 Å². The first kappa shape index (κ1) is 20.6. The van der Waals surface area contributed by atoms with Gasteiger partial charge in [0.05, 0.1) is 11.1 Å². The van der Waals surface area contributed by atoms with Crippen LogP contribution in [0.1, 0.15) is 19.4 Å². The van der Waals surface area contributed by atoms with E-state index < -0.39 is 4.92 Å². The molecule has 0 saturated heterocycles. The molecule has 0 aliphatic carbocycles. The SMILES string of the molecule is CCN(CC)c1nc(NN=Cc2ccncc2)nc(Nc2ccc([N+](=O)[O-])cc2)n1. The Morgan fingerprint density at radius 2 is 1.70 bits per heavy atom. The van der Waals surface area contributed by atoms with E-state index in [1.807, 2.05) is 30.9 Å². The van der Waals surface area contributed by atoms with E-state index in [1.54, 1.807) is 30.7 Å². The van der Waals surface area contributed by atoms with Gasteiger partial charge >= 0.3 is 0 Å². The minimum absolute atomic E-state index is 0.00725. The Morgan fingerprint density at radius 1 is 1.03 bits per heavy atom. The van der Waals surface area contributed by atoms with Gasteiger partial charge in [-0.15, -0.1) is 0 Å². The molecule has 3 aromatic rings. The van der Waals surface area contributed by atoms with Crippen LogP contribution >= 0.6 is 0 Å². The van der Waals surface area contributed by atoms with Crippen LogP contribution in [0.5, 0.6) is 0 Å². The maximum Gasteiger partial charge on any atom is 0.269 e. The summed E-state index contributed by atoms with van der Waals surface area (Å²) in [6.07, 6.45) is 4.98. The van der Waals surface area contributed by atoms with Crippen LogP contribution < -0.4 is 15.6 Å². The summed E-state index contributed by atoms with van der Waals surface area (Å²) in [7, 11) is 0. The van der Waals surface area contributed by atoms with Crippen LogP contribution in [0, 0.1) is 10.1 Å². The Labute approximate surface area is 173 Å².